The zero-order chi connectivity index (χ0) is 45.8. The van der Waals surface area contributed by atoms with Crippen molar-refractivity contribution in [3.8, 4) is 0 Å². The Labute approximate surface area is 389 Å². The lowest BCUT2D eigenvalue weighted by atomic mass is 10.1. The summed E-state index contributed by atoms with van der Waals surface area (Å²) in [5.41, 5.74) is 0. The molecule has 0 aliphatic carbocycles. The van der Waals surface area contributed by atoms with E-state index in [4.69, 9.17) is 14.2 Å². The molecule has 6 heteroatoms. The van der Waals surface area contributed by atoms with Crippen LogP contribution >= 0.6 is 0 Å². The first-order valence-electron chi connectivity index (χ1n) is 26.5. The van der Waals surface area contributed by atoms with E-state index in [1.54, 1.807) is 0 Å². The van der Waals surface area contributed by atoms with Crippen molar-refractivity contribution in [3.05, 3.63) is 72.9 Å². The molecule has 63 heavy (non-hydrogen) atoms. The molecule has 1 atom stereocenters. The van der Waals surface area contributed by atoms with Crippen molar-refractivity contribution in [1.29, 1.82) is 0 Å². The number of ether oxygens (including phenoxy) is 3. The van der Waals surface area contributed by atoms with Gasteiger partial charge in [-0.25, -0.2) is 0 Å². The van der Waals surface area contributed by atoms with E-state index in [1.807, 2.05) is 0 Å². The number of carbonyl (C=O) groups excluding carboxylic acids is 3. The van der Waals surface area contributed by atoms with Gasteiger partial charge in [-0.1, -0.05) is 209 Å². The zero-order valence-electron chi connectivity index (χ0n) is 41.3. The first-order chi connectivity index (χ1) is 31.0. The first-order valence-corrected chi connectivity index (χ1v) is 26.5. The lowest BCUT2D eigenvalue weighted by molar-refractivity contribution is -0.167. The number of esters is 3. The fourth-order valence-electron chi connectivity index (χ4n) is 7.23. The molecule has 0 aromatic rings. The summed E-state index contributed by atoms with van der Waals surface area (Å²) in [6.45, 7) is 6.45. The molecule has 0 spiro atoms. The largest absolute Gasteiger partial charge is 0.462 e. The molecular formula is C57H98O6. The molecular weight excluding hydrogens is 781 g/mol. The van der Waals surface area contributed by atoms with Gasteiger partial charge in [-0.3, -0.25) is 14.4 Å². The molecule has 0 aliphatic heterocycles. The van der Waals surface area contributed by atoms with E-state index < -0.39 is 6.10 Å². The molecule has 0 heterocycles. The lowest BCUT2D eigenvalue weighted by Crippen LogP contribution is -2.30. The smallest absolute Gasteiger partial charge is 0.306 e. The van der Waals surface area contributed by atoms with E-state index in [0.717, 1.165) is 96.3 Å². The van der Waals surface area contributed by atoms with Gasteiger partial charge in [-0.15, -0.1) is 0 Å². The fourth-order valence-corrected chi connectivity index (χ4v) is 7.23. The highest BCUT2D eigenvalue weighted by atomic mass is 16.6. The van der Waals surface area contributed by atoms with E-state index in [2.05, 4.69) is 93.7 Å². The summed E-state index contributed by atoms with van der Waals surface area (Å²) in [6.07, 6.45) is 64.5. The maximum atomic E-state index is 12.8. The van der Waals surface area contributed by atoms with Crippen LogP contribution in [0.1, 0.15) is 252 Å². The molecule has 0 radical (unpaired) electrons. The average molecular weight is 879 g/mol. The van der Waals surface area contributed by atoms with Crippen LogP contribution in [0.15, 0.2) is 72.9 Å². The van der Waals surface area contributed by atoms with E-state index >= 15 is 0 Å². The van der Waals surface area contributed by atoms with Crippen LogP contribution in [0.2, 0.25) is 0 Å². The zero-order valence-corrected chi connectivity index (χ0v) is 41.3. The quantitative estimate of drug-likeness (QED) is 0.0199. The number of unbranched alkanes of at least 4 members (excludes halogenated alkanes) is 26. The molecule has 0 rings (SSSR count). The van der Waals surface area contributed by atoms with Gasteiger partial charge in [0.1, 0.15) is 13.2 Å². The summed E-state index contributed by atoms with van der Waals surface area (Å²) in [4.78, 5) is 38.0. The predicted molar refractivity (Wildman–Crippen MR) is 270 cm³/mol. The van der Waals surface area contributed by atoms with Crippen LogP contribution in [-0.4, -0.2) is 37.2 Å². The highest BCUT2D eigenvalue weighted by Crippen LogP contribution is 2.14. The Hall–Kier alpha value is -3.15. The Kier molecular flexibility index (Phi) is 48.9. The van der Waals surface area contributed by atoms with Gasteiger partial charge < -0.3 is 14.2 Å². The van der Waals surface area contributed by atoms with Gasteiger partial charge in [-0.05, 0) is 96.3 Å². The molecule has 0 aromatic carbocycles. The summed E-state index contributed by atoms with van der Waals surface area (Å²) in [6, 6.07) is 0. The molecule has 0 aliphatic rings. The molecule has 362 valence electrons. The van der Waals surface area contributed by atoms with Gasteiger partial charge >= 0.3 is 17.9 Å². The Morgan fingerprint density at radius 1 is 0.349 bits per heavy atom. The number of hydrogen-bond acceptors (Lipinski definition) is 6. The molecule has 1 unspecified atom stereocenters. The van der Waals surface area contributed by atoms with Gasteiger partial charge in [0, 0.05) is 19.3 Å². The number of rotatable bonds is 47. The summed E-state index contributed by atoms with van der Waals surface area (Å²) in [5.74, 6) is -0.922. The van der Waals surface area contributed by atoms with Gasteiger partial charge in [0.05, 0.1) is 0 Å². The highest BCUT2D eigenvalue weighted by Gasteiger charge is 2.19. The summed E-state index contributed by atoms with van der Waals surface area (Å²) < 4.78 is 16.8. The maximum absolute atomic E-state index is 12.8. The third kappa shape index (κ3) is 49.7. The van der Waals surface area contributed by atoms with E-state index in [-0.39, 0.29) is 31.1 Å². The summed E-state index contributed by atoms with van der Waals surface area (Å²) in [5, 5.41) is 0. The van der Waals surface area contributed by atoms with Crippen LogP contribution in [-0.2, 0) is 28.6 Å². The van der Waals surface area contributed by atoms with E-state index in [9.17, 15) is 14.4 Å². The molecule has 6 nitrogen and oxygen atoms in total. The monoisotopic (exact) mass is 879 g/mol. The lowest BCUT2D eigenvalue weighted by Gasteiger charge is -2.18. The fraction of sp³-hybridized carbons (Fsp3) is 0.737. The van der Waals surface area contributed by atoms with Crippen molar-refractivity contribution in [2.75, 3.05) is 13.2 Å². The predicted octanol–water partition coefficient (Wildman–Crippen LogP) is 17.4. The second kappa shape index (κ2) is 51.5. The topological polar surface area (TPSA) is 78.9 Å². The summed E-state index contributed by atoms with van der Waals surface area (Å²) in [7, 11) is 0. The minimum Gasteiger partial charge on any atom is -0.462 e. The first kappa shape index (κ1) is 59.9. The van der Waals surface area contributed by atoms with Gasteiger partial charge in [0.2, 0.25) is 0 Å². The van der Waals surface area contributed by atoms with Crippen molar-refractivity contribution >= 4 is 17.9 Å². The Bertz CT molecular complexity index is 1190. The molecule has 0 aromatic heterocycles. The third-order valence-electron chi connectivity index (χ3n) is 11.2. The molecule has 0 saturated heterocycles. The van der Waals surface area contributed by atoms with Gasteiger partial charge in [-0.2, -0.15) is 0 Å². The highest BCUT2D eigenvalue weighted by molar-refractivity contribution is 5.71. The normalized spacial score (nSPS) is 12.6. The number of hydrogen-bond donors (Lipinski definition) is 0. The molecule has 0 saturated carbocycles. The average Bonchev–Trinajstić information content (AvgIpc) is 3.28. The van der Waals surface area contributed by atoms with Crippen LogP contribution in [0.3, 0.4) is 0 Å². The number of allylic oxidation sites excluding steroid dienone is 12. The second-order valence-corrected chi connectivity index (χ2v) is 17.5. The van der Waals surface area contributed by atoms with E-state index in [1.165, 1.54) is 116 Å². The van der Waals surface area contributed by atoms with Crippen LogP contribution in [0, 0.1) is 0 Å². The molecule has 0 amide bonds. The van der Waals surface area contributed by atoms with Crippen molar-refractivity contribution in [2.45, 2.75) is 258 Å². The van der Waals surface area contributed by atoms with Crippen molar-refractivity contribution in [3.63, 3.8) is 0 Å². The summed E-state index contributed by atoms with van der Waals surface area (Å²) >= 11 is 0. The maximum Gasteiger partial charge on any atom is 0.306 e. The van der Waals surface area contributed by atoms with Crippen molar-refractivity contribution in [1.82, 2.24) is 0 Å². The third-order valence-corrected chi connectivity index (χ3v) is 11.2. The Morgan fingerprint density at radius 2 is 0.683 bits per heavy atom. The van der Waals surface area contributed by atoms with Crippen LogP contribution < -0.4 is 0 Å². The van der Waals surface area contributed by atoms with Crippen LogP contribution in [0.25, 0.3) is 0 Å². The molecule has 0 fully saturated rings. The minimum atomic E-state index is -0.790. The Balaban J connectivity index is 4.42. The van der Waals surface area contributed by atoms with Crippen molar-refractivity contribution < 1.29 is 28.6 Å². The SMILES string of the molecule is CC\C=C/C=C\C=C/CCCCCCCCCC(=O)OC(COC(=O)CCCCC/C=C\CCCCCCCC)COC(=O)CCCCCCCCC/C=C\C/C=C\CCCCC. The van der Waals surface area contributed by atoms with Gasteiger partial charge in [0.15, 0.2) is 6.10 Å². The second-order valence-electron chi connectivity index (χ2n) is 17.5. The van der Waals surface area contributed by atoms with Crippen LogP contribution in [0.4, 0.5) is 0 Å². The van der Waals surface area contributed by atoms with Crippen molar-refractivity contribution in [2.24, 2.45) is 0 Å². The van der Waals surface area contributed by atoms with E-state index in [0.29, 0.717) is 19.3 Å². The molecule has 0 N–H and O–H groups in total. The molecule has 0 bridgehead atoms. The Morgan fingerprint density at radius 3 is 1.14 bits per heavy atom. The standard InChI is InChI=1S/C57H98O6/c1-4-7-10-13-16-19-22-25-27-28-30-32-35-38-41-44-47-50-56(59)62-53-54(52-61-55(58)49-46-43-40-37-34-31-24-21-18-15-12-9-6-3)63-57(60)51-48-45-42-39-36-33-29-26-23-20-17-14-11-8-5-2/h8,11,14,16-17,19-20,23,25,27,31,34,54H,4-7,9-10,12-13,15,18,21-22,24,26,28-30,32-33,35-53H2,1-3H3/b11-8-,17-14-,19-16-,23-20-,27-25-,34-31-. The minimum absolute atomic E-state index is 0.0893. The number of carbonyl (C=O) groups is 3. The van der Waals surface area contributed by atoms with Crippen LogP contribution in [0.5, 0.6) is 0 Å². The van der Waals surface area contributed by atoms with Gasteiger partial charge in [0.25, 0.3) is 0 Å².